The number of hydrogen-bond acceptors (Lipinski definition) is 4. The third-order valence-corrected chi connectivity index (χ3v) is 1.07. The first-order valence-electron chi connectivity index (χ1n) is 1.47. The molecule has 0 saturated heterocycles. The van der Waals surface area contributed by atoms with Crippen LogP contribution in [0.2, 0.25) is 0 Å². The minimum absolute atomic E-state index is 0.549. The largest absolute Gasteiger partial charge is 0.490 e. The summed E-state index contributed by atoms with van der Waals surface area (Å²) in [5.74, 6) is 0.549. The molecule has 0 aromatic rings. The number of hydrogen-bond donors (Lipinski definition) is 2. The molecule has 5 heteroatoms. The van der Waals surface area contributed by atoms with Gasteiger partial charge in [-0.2, -0.15) is 4.40 Å². The summed E-state index contributed by atoms with van der Waals surface area (Å²) in [7, 11) is 0. The van der Waals surface area contributed by atoms with Gasteiger partial charge in [0.1, 0.15) is 0 Å². The second-order valence-electron chi connectivity index (χ2n) is 0.761. The zero-order chi connectivity index (χ0) is 5.70. The van der Waals surface area contributed by atoms with Crippen molar-refractivity contribution in [3.8, 4) is 0 Å². The van der Waals surface area contributed by atoms with Gasteiger partial charge in [0, 0.05) is 0 Å². The Labute approximate surface area is 58.5 Å². The number of quaternary nitrogens is 1. The third-order valence-electron chi connectivity index (χ3n) is 0.357. The van der Waals surface area contributed by atoms with E-state index in [4.69, 9.17) is 0 Å². The maximum atomic E-state index is 4.47. The first-order valence-corrected chi connectivity index (χ1v) is 2.82. The predicted molar refractivity (Wildman–Crippen MR) is 39.4 cm³/mol. The van der Waals surface area contributed by atoms with Crippen molar-refractivity contribution in [3.05, 3.63) is 0 Å². The predicted octanol–water partition coefficient (Wildman–Crippen LogP) is -0.745. The van der Waals surface area contributed by atoms with Crippen molar-refractivity contribution in [2.24, 2.45) is 4.40 Å². The topological polar surface area (TPSA) is 29.0 Å². The molecule has 40 valence electrons. The van der Waals surface area contributed by atoms with E-state index in [2.05, 4.69) is 42.2 Å². The van der Waals surface area contributed by atoms with Crippen LogP contribution in [-0.2, 0) is 12.8 Å². The number of nitrogens with two attached hydrogens (primary N) is 1. The van der Waals surface area contributed by atoms with Crippen LogP contribution in [-0.4, -0.2) is 11.2 Å². The van der Waals surface area contributed by atoms with Crippen LogP contribution in [0.3, 0.4) is 0 Å². The molecule has 0 rings (SSSR count). The van der Waals surface area contributed by atoms with E-state index in [9.17, 15) is 0 Å². The van der Waals surface area contributed by atoms with E-state index in [0.29, 0.717) is 5.84 Å². The Morgan fingerprint density at radius 3 is 2.57 bits per heavy atom. The average molecular weight is 152 g/mol. The Morgan fingerprint density at radius 1 is 2.00 bits per heavy atom. The van der Waals surface area contributed by atoms with Gasteiger partial charge in [-0.05, 0) is 12.8 Å². The lowest BCUT2D eigenvalue weighted by molar-refractivity contribution is -0.331. The average Bonchev–Trinajstić information content (AvgIpc) is 1.72. The molecular formula is C2H4N2S3. The number of amidine groups is 1. The van der Waals surface area contributed by atoms with Crippen molar-refractivity contribution in [2.75, 3.05) is 0 Å². The Morgan fingerprint density at radius 2 is 2.57 bits per heavy atom. The highest BCUT2D eigenvalue weighted by Gasteiger charge is 1.82. The number of thiocarbonyl (C=S) groups is 1. The van der Waals surface area contributed by atoms with Gasteiger partial charge in [0.2, 0.25) is 5.84 Å². The zero-order valence-corrected chi connectivity index (χ0v) is 5.89. The molecule has 0 aliphatic heterocycles. The Hall–Kier alpha value is 0.420. The summed E-state index contributed by atoms with van der Waals surface area (Å²) >= 11 is 12.5. The molecule has 0 aromatic heterocycles. The van der Waals surface area contributed by atoms with Crippen LogP contribution in [0.4, 0.5) is 0 Å². The fraction of sp³-hybridized carbons (Fsp3) is 0. The van der Waals surface area contributed by atoms with E-state index < -0.39 is 0 Å². The molecule has 7 heavy (non-hydrogen) atoms. The molecule has 0 unspecified atom stereocenters. The lowest BCUT2D eigenvalue weighted by Gasteiger charge is -1.94. The maximum absolute atomic E-state index is 4.47. The Bertz CT molecular complexity index is 88.9. The molecule has 0 aliphatic rings. The standard InChI is InChI=1S/C2H4N2S3/c5-1-2(3-6)4-7/h1,7H,3H2. The molecule has 0 radical (unpaired) electrons. The fourth-order valence-corrected chi connectivity index (χ4v) is 0.674. The van der Waals surface area contributed by atoms with E-state index in [1.807, 2.05) is 0 Å². The normalized spacial score (nSPS) is 11.4. The second-order valence-corrected chi connectivity index (χ2v) is 1.43. The van der Waals surface area contributed by atoms with Crippen molar-refractivity contribution >= 4 is 49.1 Å². The van der Waals surface area contributed by atoms with Gasteiger partial charge >= 0.3 is 0 Å². The minimum atomic E-state index is 0.549. The van der Waals surface area contributed by atoms with Crippen LogP contribution < -0.4 is 4.72 Å². The van der Waals surface area contributed by atoms with Crippen LogP contribution in [0, 0.1) is 0 Å². The van der Waals surface area contributed by atoms with E-state index in [-0.39, 0.29) is 0 Å². The number of rotatable bonds is 1. The van der Waals surface area contributed by atoms with Crippen LogP contribution >= 0.6 is 25.0 Å². The van der Waals surface area contributed by atoms with Gasteiger partial charge in [0.25, 0.3) is 0 Å². The molecule has 2 nitrogen and oxygen atoms in total. The van der Waals surface area contributed by atoms with Crippen molar-refractivity contribution in [3.63, 3.8) is 0 Å². The summed E-state index contributed by atoms with van der Waals surface area (Å²) < 4.78 is 4.79. The molecule has 0 spiro atoms. The van der Waals surface area contributed by atoms with Gasteiger partial charge in [-0.3, -0.25) is 0 Å². The molecular weight excluding hydrogens is 148 g/mol. The summed E-state index contributed by atoms with van der Waals surface area (Å²) in [5.41, 5.74) is 0. The smallest absolute Gasteiger partial charge is 0.223 e. The van der Waals surface area contributed by atoms with Crippen LogP contribution in [0.25, 0.3) is 0 Å². The number of nitrogens with zero attached hydrogens (tertiary/aromatic N) is 1. The van der Waals surface area contributed by atoms with E-state index >= 15 is 0 Å². The Balaban J connectivity index is 3.60. The lowest BCUT2D eigenvalue weighted by atomic mass is 10.7. The molecule has 0 heterocycles. The van der Waals surface area contributed by atoms with Crippen molar-refractivity contribution in [1.29, 1.82) is 0 Å². The van der Waals surface area contributed by atoms with Gasteiger partial charge in [-0.15, -0.1) is 0 Å². The van der Waals surface area contributed by atoms with Crippen LogP contribution in [0.5, 0.6) is 0 Å². The highest BCUT2D eigenvalue weighted by Crippen LogP contribution is 1.68. The molecule has 0 bridgehead atoms. The highest BCUT2D eigenvalue weighted by atomic mass is 32.1. The van der Waals surface area contributed by atoms with Crippen LogP contribution in [0.15, 0.2) is 4.40 Å². The molecule has 0 aromatic carbocycles. The quantitative estimate of drug-likeness (QED) is 0.170. The summed E-state index contributed by atoms with van der Waals surface area (Å²) in [4.78, 5) is 0. The maximum Gasteiger partial charge on any atom is 0.223 e. The fourth-order valence-electron chi connectivity index (χ4n) is 0.0749. The van der Waals surface area contributed by atoms with Crippen LogP contribution in [0.1, 0.15) is 0 Å². The Kier molecular flexibility index (Phi) is 4.85. The molecule has 0 atom stereocenters. The van der Waals surface area contributed by atoms with Gasteiger partial charge in [0.05, 0.1) is 5.37 Å². The molecule has 0 aliphatic carbocycles. The van der Waals surface area contributed by atoms with E-state index in [0.717, 1.165) is 0 Å². The molecule has 2 N–H and O–H groups in total. The SMILES string of the molecule is S=CC(=NS)[NH2+][S-]. The lowest BCUT2D eigenvalue weighted by Crippen LogP contribution is -2.82. The summed E-state index contributed by atoms with van der Waals surface area (Å²) in [6.07, 6.45) is 0. The summed E-state index contributed by atoms with van der Waals surface area (Å²) in [6, 6.07) is 0. The highest BCUT2D eigenvalue weighted by molar-refractivity contribution is 7.81. The van der Waals surface area contributed by atoms with Crippen molar-refractivity contribution < 1.29 is 4.72 Å². The molecule has 0 fully saturated rings. The van der Waals surface area contributed by atoms with Gasteiger partial charge in [-0.1, -0.05) is 12.2 Å². The van der Waals surface area contributed by atoms with Gasteiger partial charge in [0.15, 0.2) is 0 Å². The van der Waals surface area contributed by atoms with E-state index in [1.54, 1.807) is 0 Å². The monoisotopic (exact) mass is 152 g/mol. The van der Waals surface area contributed by atoms with Gasteiger partial charge < -0.3 is 17.5 Å². The first kappa shape index (κ1) is 7.42. The minimum Gasteiger partial charge on any atom is -0.490 e. The third kappa shape index (κ3) is 3.04. The van der Waals surface area contributed by atoms with Gasteiger partial charge in [-0.25, -0.2) is 0 Å². The molecule has 0 saturated carbocycles. The summed E-state index contributed by atoms with van der Waals surface area (Å²) in [6.45, 7) is 0. The second kappa shape index (κ2) is 4.58. The molecule has 0 amide bonds. The van der Waals surface area contributed by atoms with Crippen molar-refractivity contribution in [1.82, 2.24) is 0 Å². The number of thiol groups is 1. The van der Waals surface area contributed by atoms with Crippen molar-refractivity contribution in [2.45, 2.75) is 0 Å². The zero-order valence-electron chi connectivity index (χ0n) is 3.37. The van der Waals surface area contributed by atoms with E-state index in [1.165, 1.54) is 10.1 Å². The summed E-state index contributed by atoms with van der Waals surface area (Å²) in [5, 5.41) is 1.38. The first-order chi connectivity index (χ1) is 3.35.